The fourth-order valence-electron chi connectivity index (χ4n) is 2.99. The van der Waals surface area contributed by atoms with Gasteiger partial charge in [-0.05, 0) is 42.8 Å². The molecule has 2 aromatic rings. The largest absolute Gasteiger partial charge is 0.450 e. The molecule has 1 heterocycles. The Morgan fingerprint density at radius 1 is 1.16 bits per heavy atom. The third-order valence-corrected chi connectivity index (χ3v) is 4.92. The van der Waals surface area contributed by atoms with E-state index in [1.165, 1.54) is 30.3 Å². The first-order valence-electron chi connectivity index (χ1n) is 8.92. The molecule has 6 nitrogen and oxygen atoms in total. The van der Waals surface area contributed by atoms with Crippen LogP contribution in [0, 0.1) is 0 Å². The number of ether oxygens (including phenoxy) is 1. The Balaban J connectivity index is 1.84. The van der Waals surface area contributed by atoms with E-state index in [1.807, 2.05) is 5.32 Å². The molecule has 0 saturated heterocycles. The lowest BCUT2D eigenvalue weighted by Crippen LogP contribution is -2.42. The first-order chi connectivity index (χ1) is 14.6. The number of carbonyl (C=O) groups excluding carboxylic acids is 2. The van der Waals surface area contributed by atoms with Crippen LogP contribution >= 0.6 is 23.2 Å². The molecule has 0 radical (unpaired) electrons. The highest BCUT2D eigenvalue weighted by atomic mass is 35.5. The minimum absolute atomic E-state index is 0.0192. The molecule has 0 aromatic heterocycles. The van der Waals surface area contributed by atoms with Gasteiger partial charge in [-0.15, -0.1) is 0 Å². The predicted molar refractivity (Wildman–Crippen MR) is 107 cm³/mol. The lowest BCUT2D eigenvalue weighted by Gasteiger charge is -2.29. The summed E-state index contributed by atoms with van der Waals surface area (Å²) in [5, 5.41) is 5.72. The molecule has 11 heteroatoms. The number of hydrogen-bond donors (Lipinski definition) is 1. The summed E-state index contributed by atoms with van der Waals surface area (Å²) in [7, 11) is 0. The number of rotatable bonds is 4. The topological polar surface area (TPSA) is 77.0 Å². The Bertz CT molecular complexity index is 1020. The lowest BCUT2D eigenvalue weighted by atomic mass is 9.86. The van der Waals surface area contributed by atoms with E-state index in [-0.39, 0.29) is 33.5 Å². The van der Waals surface area contributed by atoms with Gasteiger partial charge in [-0.25, -0.2) is 4.79 Å². The third-order valence-electron chi connectivity index (χ3n) is 4.49. The number of imide groups is 1. The highest BCUT2D eigenvalue weighted by Crippen LogP contribution is 2.49. The van der Waals surface area contributed by atoms with Gasteiger partial charge in [0.25, 0.3) is 11.5 Å². The third kappa shape index (κ3) is 4.77. The first-order valence-corrected chi connectivity index (χ1v) is 9.68. The van der Waals surface area contributed by atoms with E-state index in [9.17, 15) is 22.8 Å². The van der Waals surface area contributed by atoms with Gasteiger partial charge >= 0.3 is 12.3 Å². The molecule has 0 aliphatic carbocycles. The maximum Gasteiger partial charge on any atom is 0.435 e. The highest BCUT2D eigenvalue weighted by molar-refractivity contribution is 6.34. The zero-order chi connectivity index (χ0) is 22.8. The summed E-state index contributed by atoms with van der Waals surface area (Å²) in [6.45, 7) is 1.68. The zero-order valence-electron chi connectivity index (χ0n) is 15.9. The SMILES string of the molecule is CCOC(=O)NC(=O)c1ccc(C2=NOC(c3cc(Cl)cc(Cl)c3)(C(F)(F)F)C2)cc1. The van der Waals surface area contributed by atoms with Crippen LogP contribution in [-0.2, 0) is 15.2 Å². The van der Waals surface area contributed by atoms with E-state index in [0.29, 0.717) is 5.56 Å². The first kappa shape index (κ1) is 22.9. The standard InChI is InChI=1S/C20H15Cl2F3N2O4/c1-2-30-18(29)26-17(28)12-5-3-11(4-6-12)16-10-19(31-27-16,20(23,24)25)13-7-14(21)9-15(22)8-13/h3-9H,2,10H2,1H3,(H,26,28,29). The van der Waals surface area contributed by atoms with Gasteiger partial charge < -0.3 is 9.57 Å². The smallest absolute Gasteiger partial charge is 0.435 e. The van der Waals surface area contributed by atoms with Crippen LogP contribution in [0.15, 0.2) is 47.6 Å². The molecule has 1 aliphatic heterocycles. The Hall–Kier alpha value is -2.78. The molecule has 0 spiro atoms. The van der Waals surface area contributed by atoms with Gasteiger partial charge in [0.1, 0.15) is 0 Å². The monoisotopic (exact) mass is 474 g/mol. The van der Waals surface area contributed by atoms with E-state index in [1.54, 1.807) is 6.92 Å². The number of nitrogens with zero attached hydrogens (tertiary/aromatic N) is 1. The van der Waals surface area contributed by atoms with Crippen molar-refractivity contribution in [3.05, 3.63) is 69.2 Å². The second-order valence-corrected chi connectivity index (χ2v) is 7.41. The maximum absolute atomic E-state index is 14.0. The molecular weight excluding hydrogens is 460 g/mol. The number of carbonyl (C=O) groups is 2. The van der Waals surface area contributed by atoms with Gasteiger partial charge in [-0.2, -0.15) is 13.2 Å². The average Bonchev–Trinajstić information content (AvgIpc) is 3.14. The summed E-state index contributed by atoms with van der Waals surface area (Å²) in [5.41, 5.74) is -2.59. The van der Waals surface area contributed by atoms with Crippen molar-refractivity contribution in [3.8, 4) is 0 Å². The normalized spacial score (nSPS) is 18.2. The summed E-state index contributed by atoms with van der Waals surface area (Å²) < 4.78 is 46.7. The number of alkyl halides is 3. The van der Waals surface area contributed by atoms with Crippen LogP contribution in [0.2, 0.25) is 10.0 Å². The molecule has 1 atom stereocenters. The minimum Gasteiger partial charge on any atom is -0.450 e. The molecule has 1 unspecified atom stereocenters. The predicted octanol–water partition coefficient (Wildman–Crippen LogP) is 5.46. The van der Waals surface area contributed by atoms with Gasteiger partial charge in [0, 0.05) is 27.6 Å². The molecule has 2 amide bonds. The van der Waals surface area contributed by atoms with Gasteiger partial charge in [-0.1, -0.05) is 40.5 Å². The Labute approximate surface area is 184 Å². The van der Waals surface area contributed by atoms with Crippen molar-refractivity contribution in [1.29, 1.82) is 0 Å². The number of amides is 2. The molecule has 1 N–H and O–H groups in total. The minimum atomic E-state index is -4.81. The van der Waals surface area contributed by atoms with Crippen LogP contribution in [0.25, 0.3) is 0 Å². The Morgan fingerprint density at radius 3 is 2.32 bits per heavy atom. The van der Waals surface area contributed by atoms with Crippen LogP contribution in [0.1, 0.15) is 34.8 Å². The van der Waals surface area contributed by atoms with E-state index < -0.39 is 30.2 Å². The van der Waals surface area contributed by atoms with Crippen molar-refractivity contribution >= 4 is 40.9 Å². The van der Waals surface area contributed by atoms with E-state index in [4.69, 9.17) is 28.0 Å². The fourth-order valence-corrected chi connectivity index (χ4v) is 3.52. The van der Waals surface area contributed by atoms with Gasteiger partial charge in [-0.3, -0.25) is 10.1 Å². The van der Waals surface area contributed by atoms with Crippen LogP contribution in [0.3, 0.4) is 0 Å². The summed E-state index contributed by atoms with van der Waals surface area (Å²) >= 11 is 11.8. The molecule has 0 saturated carbocycles. The molecule has 2 aromatic carbocycles. The molecule has 0 fully saturated rings. The van der Waals surface area contributed by atoms with Crippen LogP contribution in [0.4, 0.5) is 18.0 Å². The summed E-state index contributed by atoms with van der Waals surface area (Å²) in [4.78, 5) is 28.3. The van der Waals surface area contributed by atoms with Gasteiger partial charge in [0.15, 0.2) is 0 Å². The second kappa shape index (κ2) is 8.76. The van der Waals surface area contributed by atoms with E-state index >= 15 is 0 Å². The van der Waals surface area contributed by atoms with Crippen molar-refractivity contribution in [2.45, 2.75) is 25.1 Å². The van der Waals surface area contributed by atoms with Crippen molar-refractivity contribution in [2.24, 2.45) is 5.16 Å². The summed E-state index contributed by atoms with van der Waals surface area (Å²) in [6, 6.07) is 9.06. The fraction of sp³-hybridized carbons (Fsp3) is 0.250. The van der Waals surface area contributed by atoms with Crippen molar-refractivity contribution in [2.75, 3.05) is 6.61 Å². The second-order valence-electron chi connectivity index (χ2n) is 6.54. The average molecular weight is 475 g/mol. The van der Waals surface area contributed by atoms with Gasteiger partial charge in [0.2, 0.25) is 0 Å². The highest BCUT2D eigenvalue weighted by Gasteiger charge is 2.62. The van der Waals surface area contributed by atoms with Crippen LogP contribution in [-0.4, -0.2) is 30.5 Å². The zero-order valence-corrected chi connectivity index (χ0v) is 17.4. The summed E-state index contributed by atoms with van der Waals surface area (Å²) in [6.07, 6.45) is -6.34. The van der Waals surface area contributed by atoms with Gasteiger partial charge in [0.05, 0.1) is 12.3 Å². The Morgan fingerprint density at radius 2 is 1.77 bits per heavy atom. The molecule has 31 heavy (non-hydrogen) atoms. The molecule has 1 aliphatic rings. The van der Waals surface area contributed by atoms with Crippen molar-refractivity contribution in [3.63, 3.8) is 0 Å². The number of oxime groups is 1. The van der Waals surface area contributed by atoms with Crippen molar-refractivity contribution < 1.29 is 32.3 Å². The number of halogens is 5. The molecule has 164 valence electrons. The molecule has 3 rings (SSSR count). The Kier molecular flexibility index (Phi) is 6.47. The number of hydrogen-bond acceptors (Lipinski definition) is 5. The maximum atomic E-state index is 14.0. The summed E-state index contributed by atoms with van der Waals surface area (Å²) in [5.74, 6) is -0.715. The molecular formula is C20H15Cl2F3N2O4. The van der Waals surface area contributed by atoms with Crippen molar-refractivity contribution in [1.82, 2.24) is 5.32 Å². The quantitative estimate of drug-likeness (QED) is 0.637. The number of benzene rings is 2. The number of nitrogens with one attached hydrogen (secondary N) is 1. The van der Waals surface area contributed by atoms with Crippen LogP contribution in [0.5, 0.6) is 0 Å². The van der Waals surface area contributed by atoms with Crippen LogP contribution < -0.4 is 5.32 Å². The van der Waals surface area contributed by atoms with E-state index in [2.05, 4.69) is 9.89 Å². The van der Waals surface area contributed by atoms with E-state index in [0.717, 1.165) is 12.1 Å². The lowest BCUT2D eigenvalue weighted by molar-refractivity contribution is -0.275. The molecule has 0 bridgehead atoms. The number of alkyl carbamates (subject to hydrolysis) is 1.